The summed E-state index contributed by atoms with van der Waals surface area (Å²) >= 11 is 0. The van der Waals surface area contributed by atoms with Gasteiger partial charge in [-0.25, -0.2) is 4.98 Å². The zero-order valence-electron chi connectivity index (χ0n) is 12.1. The second kappa shape index (κ2) is 5.45. The third kappa shape index (κ3) is 2.71. The van der Waals surface area contributed by atoms with Crippen LogP contribution in [-0.2, 0) is 0 Å². The number of aromatic nitrogens is 2. The number of hydrogen-bond donors (Lipinski definition) is 1. The predicted octanol–water partition coefficient (Wildman–Crippen LogP) is 2.37. The minimum atomic E-state index is -0.593. The highest BCUT2D eigenvalue weighted by molar-refractivity contribution is 6.07. The molecule has 1 heterocycles. The van der Waals surface area contributed by atoms with Gasteiger partial charge >= 0.3 is 0 Å². The summed E-state index contributed by atoms with van der Waals surface area (Å²) in [5.74, 6) is -0.512. The van der Waals surface area contributed by atoms with Gasteiger partial charge in [-0.05, 0) is 13.0 Å². The number of rotatable bonds is 3. The van der Waals surface area contributed by atoms with Crippen LogP contribution in [0.3, 0.4) is 0 Å². The summed E-state index contributed by atoms with van der Waals surface area (Å²) in [5.41, 5.74) is 0.847. The summed E-state index contributed by atoms with van der Waals surface area (Å²) in [4.78, 5) is 41.1. The van der Waals surface area contributed by atoms with E-state index in [2.05, 4.69) is 9.97 Å². The molecular formula is C16H11N3O4. The Morgan fingerprint density at radius 1 is 1.17 bits per heavy atom. The first-order valence-electron chi connectivity index (χ1n) is 6.75. The number of non-ortho nitro benzene ring substituents is 1. The summed E-state index contributed by atoms with van der Waals surface area (Å²) in [6.45, 7) is 1.90. The number of aryl methyl sites for hydroxylation is 1. The largest absolute Gasteiger partial charge is 0.303 e. The van der Waals surface area contributed by atoms with E-state index in [0.29, 0.717) is 5.56 Å². The van der Waals surface area contributed by atoms with Crippen molar-refractivity contribution in [3.05, 3.63) is 79.9 Å². The van der Waals surface area contributed by atoms with E-state index in [1.54, 1.807) is 24.3 Å². The Balaban J connectivity index is 2.11. The smallest absolute Gasteiger partial charge is 0.270 e. The molecule has 2 aromatic carbocycles. The maximum atomic E-state index is 12.4. The van der Waals surface area contributed by atoms with Crippen molar-refractivity contribution in [3.63, 3.8) is 0 Å². The lowest BCUT2D eigenvalue weighted by atomic mass is 10.1. The van der Waals surface area contributed by atoms with Crippen LogP contribution in [0.5, 0.6) is 0 Å². The van der Waals surface area contributed by atoms with E-state index in [0.717, 1.165) is 11.6 Å². The molecule has 0 saturated heterocycles. The van der Waals surface area contributed by atoms with Gasteiger partial charge in [0.1, 0.15) is 0 Å². The van der Waals surface area contributed by atoms with Gasteiger partial charge in [-0.2, -0.15) is 0 Å². The molecule has 0 saturated carbocycles. The van der Waals surface area contributed by atoms with Gasteiger partial charge in [0.15, 0.2) is 5.82 Å². The lowest BCUT2D eigenvalue weighted by Gasteiger charge is -2.03. The quantitative estimate of drug-likeness (QED) is 0.454. The molecule has 0 aliphatic rings. The molecule has 0 atom stereocenters. The molecule has 3 aromatic rings. The third-order valence-corrected chi connectivity index (χ3v) is 3.43. The normalized spacial score (nSPS) is 10.7. The van der Waals surface area contributed by atoms with Gasteiger partial charge in [-0.15, -0.1) is 0 Å². The average Bonchev–Trinajstić information content (AvgIpc) is 2.54. The Kier molecular flexibility index (Phi) is 3.46. The molecule has 7 heteroatoms. The Hall–Kier alpha value is -3.35. The number of hydrogen-bond acceptors (Lipinski definition) is 5. The van der Waals surface area contributed by atoms with Crippen molar-refractivity contribution in [1.29, 1.82) is 0 Å². The summed E-state index contributed by atoms with van der Waals surface area (Å²) in [5, 5.41) is 10.8. The standard InChI is InChI=1S/C16H11N3O4/c1-9-2-4-10(5-3-9)14(20)15-17-13-7-6-11(19(22)23)8-12(13)16(21)18-15/h2-8H,1H3,(H,17,18,21). The maximum absolute atomic E-state index is 12.4. The van der Waals surface area contributed by atoms with Gasteiger partial charge in [0.2, 0.25) is 5.78 Å². The van der Waals surface area contributed by atoms with Crippen molar-refractivity contribution in [2.24, 2.45) is 0 Å². The molecule has 0 aliphatic heterocycles. The number of ketones is 1. The number of nitrogens with one attached hydrogen (secondary N) is 1. The molecule has 0 radical (unpaired) electrons. The lowest BCUT2D eigenvalue weighted by Crippen LogP contribution is -2.16. The molecule has 23 heavy (non-hydrogen) atoms. The fraction of sp³-hybridized carbons (Fsp3) is 0.0625. The van der Waals surface area contributed by atoms with Crippen LogP contribution in [0.15, 0.2) is 47.3 Å². The van der Waals surface area contributed by atoms with Gasteiger partial charge in [-0.1, -0.05) is 29.8 Å². The van der Waals surface area contributed by atoms with E-state index in [1.165, 1.54) is 12.1 Å². The number of carbonyl (C=O) groups excluding carboxylic acids is 1. The molecule has 0 fully saturated rings. The summed E-state index contributed by atoms with van der Waals surface area (Å²) in [6, 6.07) is 10.6. The Morgan fingerprint density at radius 2 is 1.87 bits per heavy atom. The number of nitro benzene ring substituents is 1. The minimum absolute atomic E-state index is 0.0691. The number of aromatic amines is 1. The van der Waals surface area contributed by atoms with Crippen LogP contribution in [0.25, 0.3) is 10.9 Å². The predicted molar refractivity (Wildman–Crippen MR) is 83.6 cm³/mol. The van der Waals surface area contributed by atoms with Crippen molar-refractivity contribution in [2.45, 2.75) is 6.92 Å². The first-order chi connectivity index (χ1) is 11.0. The van der Waals surface area contributed by atoms with Crippen LogP contribution >= 0.6 is 0 Å². The van der Waals surface area contributed by atoms with Crippen LogP contribution in [0.2, 0.25) is 0 Å². The van der Waals surface area contributed by atoms with Crippen molar-refractivity contribution < 1.29 is 9.72 Å². The fourth-order valence-electron chi connectivity index (χ4n) is 2.19. The van der Waals surface area contributed by atoms with Gasteiger partial charge in [0.05, 0.1) is 15.8 Å². The molecule has 0 bridgehead atoms. The number of fused-ring (bicyclic) bond motifs is 1. The molecule has 7 nitrogen and oxygen atoms in total. The molecule has 0 aliphatic carbocycles. The SMILES string of the molecule is Cc1ccc(C(=O)c2nc3ccc([N+](=O)[O-])cc3c(=O)[nH]2)cc1. The zero-order chi connectivity index (χ0) is 16.6. The van der Waals surface area contributed by atoms with Crippen molar-refractivity contribution in [3.8, 4) is 0 Å². The van der Waals surface area contributed by atoms with Crippen LogP contribution in [0, 0.1) is 17.0 Å². The Bertz CT molecular complexity index is 990. The molecular weight excluding hydrogens is 298 g/mol. The number of benzene rings is 2. The van der Waals surface area contributed by atoms with Crippen molar-refractivity contribution >= 4 is 22.4 Å². The number of nitro groups is 1. The van der Waals surface area contributed by atoms with Gasteiger partial charge in [0, 0.05) is 17.7 Å². The van der Waals surface area contributed by atoms with Crippen LogP contribution in [-0.4, -0.2) is 20.7 Å². The highest BCUT2D eigenvalue weighted by atomic mass is 16.6. The Labute approximate surface area is 129 Å². The van der Waals surface area contributed by atoms with E-state index in [4.69, 9.17) is 0 Å². The number of nitrogens with zero attached hydrogens (tertiary/aromatic N) is 2. The third-order valence-electron chi connectivity index (χ3n) is 3.43. The molecule has 1 aromatic heterocycles. The highest BCUT2D eigenvalue weighted by Crippen LogP contribution is 2.17. The van der Waals surface area contributed by atoms with Gasteiger partial charge in [-0.3, -0.25) is 19.7 Å². The Morgan fingerprint density at radius 3 is 2.52 bits per heavy atom. The summed E-state index contributed by atoms with van der Waals surface area (Å²) in [7, 11) is 0. The van der Waals surface area contributed by atoms with E-state index >= 15 is 0 Å². The van der Waals surface area contributed by atoms with E-state index in [1.807, 2.05) is 6.92 Å². The molecule has 3 rings (SSSR count). The molecule has 0 spiro atoms. The second-order valence-corrected chi connectivity index (χ2v) is 5.07. The minimum Gasteiger partial charge on any atom is -0.303 e. The number of H-pyrrole nitrogens is 1. The van der Waals surface area contributed by atoms with E-state index in [9.17, 15) is 19.7 Å². The van der Waals surface area contributed by atoms with E-state index < -0.39 is 16.3 Å². The average molecular weight is 309 g/mol. The molecule has 114 valence electrons. The van der Waals surface area contributed by atoms with Crippen LogP contribution in [0.1, 0.15) is 21.7 Å². The first kappa shape index (κ1) is 14.6. The van der Waals surface area contributed by atoms with Gasteiger partial charge in [0.25, 0.3) is 11.2 Å². The summed E-state index contributed by atoms with van der Waals surface area (Å²) in [6.07, 6.45) is 0. The van der Waals surface area contributed by atoms with Crippen LogP contribution in [0.4, 0.5) is 5.69 Å². The fourth-order valence-corrected chi connectivity index (χ4v) is 2.19. The molecule has 0 amide bonds. The van der Waals surface area contributed by atoms with Gasteiger partial charge < -0.3 is 4.98 Å². The molecule has 0 unspecified atom stereocenters. The summed E-state index contributed by atoms with van der Waals surface area (Å²) < 4.78 is 0. The molecule has 1 N–H and O–H groups in total. The zero-order valence-corrected chi connectivity index (χ0v) is 12.1. The monoisotopic (exact) mass is 309 g/mol. The van der Waals surface area contributed by atoms with E-state index in [-0.39, 0.29) is 22.4 Å². The lowest BCUT2D eigenvalue weighted by molar-refractivity contribution is -0.384. The van der Waals surface area contributed by atoms with Crippen LogP contribution < -0.4 is 5.56 Å². The first-order valence-corrected chi connectivity index (χ1v) is 6.75. The maximum Gasteiger partial charge on any atom is 0.270 e. The highest BCUT2D eigenvalue weighted by Gasteiger charge is 2.15. The topological polar surface area (TPSA) is 106 Å². The second-order valence-electron chi connectivity index (χ2n) is 5.07. The van der Waals surface area contributed by atoms with Crippen molar-refractivity contribution in [2.75, 3.05) is 0 Å². The number of carbonyl (C=O) groups is 1. The van der Waals surface area contributed by atoms with Crippen molar-refractivity contribution in [1.82, 2.24) is 9.97 Å².